The van der Waals surface area contributed by atoms with Crippen LogP contribution in [0.4, 0.5) is 4.39 Å². The summed E-state index contributed by atoms with van der Waals surface area (Å²) in [5.74, 6) is -1.75. The molecule has 0 saturated carbocycles. The fourth-order valence-corrected chi connectivity index (χ4v) is 5.52. The molecule has 4 rings (SSSR count). The number of hydrogen-bond acceptors (Lipinski definition) is 6. The predicted molar refractivity (Wildman–Crippen MR) is 137 cm³/mol. The summed E-state index contributed by atoms with van der Waals surface area (Å²) >= 11 is 1.16. The van der Waals surface area contributed by atoms with Crippen LogP contribution in [-0.2, 0) is 29.7 Å². The van der Waals surface area contributed by atoms with E-state index in [1.54, 1.807) is 13.0 Å². The van der Waals surface area contributed by atoms with Crippen molar-refractivity contribution in [3.63, 3.8) is 0 Å². The zero-order valence-corrected chi connectivity index (χ0v) is 21.4. The van der Waals surface area contributed by atoms with Gasteiger partial charge in [0.05, 0.1) is 17.8 Å². The maximum absolute atomic E-state index is 14.1. The van der Waals surface area contributed by atoms with Gasteiger partial charge in [0.2, 0.25) is 6.54 Å². The average Bonchev–Trinajstić information content (AvgIpc) is 3.48. The van der Waals surface area contributed by atoms with Crippen LogP contribution in [0.3, 0.4) is 0 Å². The van der Waals surface area contributed by atoms with Gasteiger partial charge in [0.25, 0.3) is 5.56 Å². The van der Waals surface area contributed by atoms with E-state index in [1.807, 2.05) is 0 Å². The smallest absolute Gasteiger partial charge is 0.333 e. The molecular weight excluding hydrogens is 499 g/mol. The van der Waals surface area contributed by atoms with Gasteiger partial charge in [0, 0.05) is 18.5 Å². The molecule has 192 valence electrons. The Balaban J connectivity index is 1.90. The molecule has 3 heterocycles. The Labute approximate surface area is 215 Å². The molecule has 1 aromatic carbocycles. The Morgan fingerprint density at radius 3 is 2.54 bits per heavy atom. The summed E-state index contributed by atoms with van der Waals surface area (Å²) in [6.45, 7) is 11.7. The van der Waals surface area contributed by atoms with E-state index in [1.165, 1.54) is 47.7 Å². The second kappa shape index (κ2) is 10.1. The van der Waals surface area contributed by atoms with Gasteiger partial charge >= 0.3 is 11.7 Å². The highest BCUT2D eigenvalue weighted by Crippen LogP contribution is 2.31. The first-order chi connectivity index (χ1) is 17.6. The number of carboxylic acid groups (broad SMARTS) is 1. The molecule has 0 amide bonds. The number of carboxylic acids is 1. The fraction of sp³-hybridized carbons (Fsp3) is 0.360. The van der Waals surface area contributed by atoms with E-state index >= 15 is 0 Å². The van der Waals surface area contributed by atoms with E-state index in [-0.39, 0.29) is 18.4 Å². The number of carbonyl (C=O) groups is 1. The fourth-order valence-electron chi connectivity index (χ4n) is 4.28. The summed E-state index contributed by atoms with van der Waals surface area (Å²) < 4.78 is 16.3. The predicted octanol–water partition coefficient (Wildman–Crippen LogP) is 3.17. The van der Waals surface area contributed by atoms with Gasteiger partial charge in [-0.2, -0.15) is 10.2 Å². The molecule has 3 aromatic heterocycles. The number of halogens is 1. The normalized spacial score (nSPS) is 11.6. The second-order valence-electron chi connectivity index (χ2n) is 9.12. The van der Waals surface area contributed by atoms with Crippen molar-refractivity contribution in [2.75, 3.05) is 6.54 Å². The maximum atomic E-state index is 14.1. The third-order valence-electron chi connectivity index (χ3n) is 6.36. The SMILES string of the molecule is [C-]#[N+]CCCc1ccc(F)cc1CCn1c(=O)n(C(C)(C)C(=O)O)c(=O)c2c(C)c(-n3nccn3)sc21. The summed E-state index contributed by atoms with van der Waals surface area (Å²) in [6, 6.07) is 4.45. The van der Waals surface area contributed by atoms with E-state index in [9.17, 15) is 23.9 Å². The highest BCUT2D eigenvalue weighted by atomic mass is 32.1. The van der Waals surface area contributed by atoms with Gasteiger partial charge in [0.1, 0.15) is 21.2 Å². The molecule has 4 aromatic rings. The molecule has 0 bridgehead atoms. The number of hydrogen-bond donors (Lipinski definition) is 1. The maximum Gasteiger partial charge on any atom is 0.333 e. The second-order valence-corrected chi connectivity index (χ2v) is 10.1. The largest absolute Gasteiger partial charge is 0.480 e. The van der Waals surface area contributed by atoms with Gasteiger partial charge in [-0.3, -0.25) is 9.36 Å². The zero-order chi connectivity index (χ0) is 26.9. The van der Waals surface area contributed by atoms with Crippen molar-refractivity contribution in [1.29, 1.82) is 0 Å². The highest BCUT2D eigenvalue weighted by molar-refractivity contribution is 7.21. The molecule has 1 N–H and O–H groups in total. The minimum absolute atomic E-state index is 0.0799. The van der Waals surface area contributed by atoms with Crippen LogP contribution in [0, 0.1) is 19.3 Å². The molecule has 0 aliphatic rings. The third-order valence-corrected chi connectivity index (χ3v) is 7.64. The summed E-state index contributed by atoms with van der Waals surface area (Å²) in [7, 11) is 0. The molecular formula is C25H25FN6O4S. The van der Waals surface area contributed by atoms with Crippen molar-refractivity contribution in [3.05, 3.63) is 85.4 Å². The lowest BCUT2D eigenvalue weighted by Gasteiger charge is -2.23. The van der Waals surface area contributed by atoms with Crippen molar-refractivity contribution in [1.82, 2.24) is 24.1 Å². The van der Waals surface area contributed by atoms with Crippen molar-refractivity contribution >= 4 is 27.5 Å². The summed E-state index contributed by atoms with van der Waals surface area (Å²) in [6.07, 6.45) is 4.44. The van der Waals surface area contributed by atoms with Gasteiger partial charge in [-0.15, -0.1) is 4.80 Å². The average molecular weight is 525 g/mol. The topological polar surface area (TPSA) is 116 Å². The Kier molecular flexibility index (Phi) is 7.09. The molecule has 0 fully saturated rings. The standard InChI is InChI=1S/C25H25FN6O4S/c1-15-19-20(33)31(25(2,3)23(34)35)24(36)30(22(19)37-21(15)32-28-11-12-29-32)13-9-17-14-18(26)8-7-16(17)6-5-10-27-4/h7-8,11-12,14H,5-6,9-10,13H2,1-3H3,(H,34,35). The molecule has 0 saturated heterocycles. The van der Waals surface area contributed by atoms with Gasteiger partial charge in [-0.1, -0.05) is 17.4 Å². The van der Waals surface area contributed by atoms with Crippen LogP contribution in [-0.4, -0.2) is 41.7 Å². The zero-order valence-electron chi connectivity index (χ0n) is 20.6. The van der Waals surface area contributed by atoms with Crippen molar-refractivity contribution in [3.8, 4) is 5.00 Å². The van der Waals surface area contributed by atoms with Crippen LogP contribution in [0.25, 0.3) is 20.1 Å². The van der Waals surface area contributed by atoms with Crippen LogP contribution in [0.15, 0.2) is 40.2 Å². The Hall–Kier alpha value is -4.11. The molecule has 0 spiro atoms. The first kappa shape index (κ1) is 26.0. The van der Waals surface area contributed by atoms with E-state index in [0.717, 1.165) is 21.5 Å². The van der Waals surface area contributed by atoms with Crippen LogP contribution >= 0.6 is 11.3 Å². The number of aryl methyl sites for hydroxylation is 4. The Morgan fingerprint density at radius 2 is 1.89 bits per heavy atom. The molecule has 0 radical (unpaired) electrons. The van der Waals surface area contributed by atoms with Gasteiger partial charge in [-0.05, 0) is 56.9 Å². The number of benzene rings is 1. The number of aliphatic carboxylic acids is 1. The molecule has 37 heavy (non-hydrogen) atoms. The number of aromatic nitrogens is 5. The number of thiophene rings is 1. The Bertz CT molecular complexity index is 1640. The van der Waals surface area contributed by atoms with E-state index in [4.69, 9.17) is 6.57 Å². The molecule has 0 aliphatic carbocycles. The van der Waals surface area contributed by atoms with E-state index in [0.29, 0.717) is 40.3 Å². The molecule has 0 aliphatic heterocycles. The summed E-state index contributed by atoms with van der Waals surface area (Å²) in [4.78, 5) is 44.3. The Morgan fingerprint density at radius 1 is 1.19 bits per heavy atom. The van der Waals surface area contributed by atoms with Crippen molar-refractivity contribution in [2.45, 2.75) is 52.1 Å². The number of fused-ring (bicyclic) bond motifs is 1. The lowest BCUT2D eigenvalue weighted by Crippen LogP contribution is -2.52. The van der Waals surface area contributed by atoms with Crippen molar-refractivity contribution in [2.24, 2.45) is 0 Å². The molecule has 10 nitrogen and oxygen atoms in total. The van der Waals surface area contributed by atoms with Gasteiger partial charge in [-0.25, -0.2) is 25.1 Å². The van der Waals surface area contributed by atoms with Crippen LogP contribution < -0.4 is 11.2 Å². The van der Waals surface area contributed by atoms with Crippen LogP contribution in [0.5, 0.6) is 0 Å². The molecule has 0 unspecified atom stereocenters. The van der Waals surface area contributed by atoms with Gasteiger partial charge in [0.15, 0.2) is 0 Å². The third kappa shape index (κ3) is 4.70. The lowest BCUT2D eigenvalue weighted by atomic mass is 10.00. The monoisotopic (exact) mass is 524 g/mol. The van der Waals surface area contributed by atoms with Crippen molar-refractivity contribution < 1.29 is 14.3 Å². The first-order valence-corrected chi connectivity index (χ1v) is 12.4. The van der Waals surface area contributed by atoms with E-state index in [2.05, 4.69) is 15.0 Å². The summed E-state index contributed by atoms with van der Waals surface area (Å²) in [5, 5.41) is 18.8. The number of rotatable bonds is 9. The minimum Gasteiger partial charge on any atom is -0.480 e. The quantitative estimate of drug-likeness (QED) is 0.266. The van der Waals surface area contributed by atoms with Crippen LogP contribution in [0.2, 0.25) is 0 Å². The first-order valence-electron chi connectivity index (χ1n) is 11.6. The molecule has 12 heteroatoms. The van der Waals surface area contributed by atoms with Gasteiger partial charge < -0.3 is 9.95 Å². The number of nitrogens with zero attached hydrogens (tertiary/aromatic N) is 6. The van der Waals surface area contributed by atoms with Crippen LogP contribution in [0.1, 0.15) is 37.0 Å². The minimum atomic E-state index is -1.81. The van der Waals surface area contributed by atoms with E-state index < -0.39 is 28.6 Å². The highest BCUT2D eigenvalue weighted by Gasteiger charge is 2.35. The summed E-state index contributed by atoms with van der Waals surface area (Å²) in [5.41, 5.74) is -1.21. The lowest BCUT2D eigenvalue weighted by molar-refractivity contribution is -0.146. The molecule has 0 atom stereocenters.